The lowest BCUT2D eigenvalue weighted by molar-refractivity contribution is -0.138. The molecular weight excluding hydrogens is 311 g/mol. The molecule has 23 heavy (non-hydrogen) atoms. The topological polar surface area (TPSA) is 66.7 Å². The van der Waals surface area contributed by atoms with Crippen LogP contribution in [0.5, 0.6) is 0 Å². The van der Waals surface area contributed by atoms with Crippen molar-refractivity contribution in [3.05, 3.63) is 11.1 Å². The average molecular weight is 333 g/mol. The molecule has 0 radical (unpaired) electrons. The van der Waals surface area contributed by atoms with Crippen LogP contribution in [-0.4, -0.2) is 35.8 Å². The van der Waals surface area contributed by atoms with E-state index in [0.717, 1.165) is 45.7 Å². The van der Waals surface area contributed by atoms with Gasteiger partial charge in [0.25, 0.3) is 0 Å². The highest BCUT2D eigenvalue weighted by Crippen LogP contribution is 2.31. The molecule has 1 aliphatic rings. The lowest BCUT2D eigenvalue weighted by Crippen LogP contribution is -2.19. The number of halogens is 3. The Labute approximate surface area is 133 Å². The summed E-state index contributed by atoms with van der Waals surface area (Å²) in [6.07, 6.45) is -0.138. The smallest absolute Gasteiger partial charge is 0.413 e. The van der Waals surface area contributed by atoms with Crippen molar-refractivity contribution in [2.75, 3.05) is 6.54 Å². The number of carboxylic acids is 1. The fraction of sp³-hybridized carbons (Fsp3) is 0.688. The number of carbonyl (C=O) groups excluding carboxylic acids is 1. The molecule has 0 bridgehead atoms. The van der Waals surface area contributed by atoms with Gasteiger partial charge < -0.3 is 5.11 Å². The first-order chi connectivity index (χ1) is 10.6. The molecule has 1 saturated carbocycles. The molecule has 130 valence electrons. The van der Waals surface area contributed by atoms with Gasteiger partial charge in [0.2, 0.25) is 0 Å². The van der Waals surface area contributed by atoms with Gasteiger partial charge in [0.05, 0.1) is 0 Å². The summed E-state index contributed by atoms with van der Waals surface area (Å²) in [5.41, 5.74) is -1.34. The van der Waals surface area contributed by atoms with E-state index < -0.39 is 29.1 Å². The fourth-order valence-electron chi connectivity index (χ4n) is 2.76. The Morgan fingerprint density at radius 1 is 1.13 bits per heavy atom. The summed E-state index contributed by atoms with van der Waals surface area (Å²) in [6.45, 7) is 2.33. The van der Waals surface area contributed by atoms with E-state index in [1.165, 1.54) is 0 Å². The SMILES string of the molecule is CC(=O)/C(C=NCC1CCC(CC(=O)O)CC1)=C(/C)C(F)(F)F. The summed E-state index contributed by atoms with van der Waals surface area (Å²) >= 11 is 0. The molecular formula is C16H22F3NO3. The normalized spacial score (nSPS) is 23.7. The third kappa shape index (κ3) is 6.54. The molecule has 0 amide bonds. The Morgan fingerprint density at radius 3 is 2.09 bits per heavy atom. The number of allylic oxidation sites excluding steroid dienone is 2. The molecule has 1 fully saturated rings. The highest BCUT2D eigenvalue weighted by Gasteiger charge is 2.33. The van der Waals surface area contributed by atoms with Crippen molar-refractivity contribution >= 4 is 18.0 Å². The third-order valence-electron chi connectivity index (χ3n) is 4.22. The van der Waals surface area contributed by atoms with Gasteiger partial charge in [0.1, 0.15) is 0 Å². The van der Waals surface area contributed by atoms with E-state index in [1.54, 1.807) is 0 Å². The number of aliphatic imine (C=N–C) groups is 1. The Hall–Kier alpha value is -1.66. The number of aliphatic carboxylic acids is 1. The highest BCUT2D eigenvalue weighted by molar-refractivity contribution is 6.12. The van der Waals surface area contributed by atoms with Crippen LogP contribution in [-0.2, 0) is 9.59 Å². The Bertz CT molecular complexity index is 501. The predicted octanol–water partition coefficient (Wildman–Crippen LogP) is 3.81. The van der Waals surface area contributed by atoms with E-state index in [0.29, 0.717) is 6.54 Å². The maximum absolute atomic E-state index is 12.7. The second-order valence-corrected chi connectivity index (χ2v) is 6.07. The number of hydrogen-bond acceptors (Lipinski definition) is 3. The van der Waals surface area contributed by atoms with Gasteiger partial charge in [0.15, 0.2) is 5.78 Å². The Balaban J connectivity index is 2.58. The van der Waals surface area contributed by atoms with E-state index in [1.807, 2.05) is 0 Å². The standard InChI is InChI=1S/C16H22F3NO3/c1-10(16(17,18)19)14(11(2)21)9-20-8-13-5-3-12(4-6-13)7-15(22)23/h9,12-13H,3-8H2,1-2H3,(H,22,23)/b14-10-,20-9?. The van der Waals surface area contributed by atoms with Crippen LogP contribution in [0, 0.1) is 11.8 Å². The van der Waals surface area contributed by atoms with Crippen LogP contribution in [0.2, 0.25) is 0 Å². The van der Waals surface area contributed by atoms with E-state index in [4.69, 9.17) is 5.11 Å². The molecule has 0 atom stereocenters. The minimum absolute atomic E-state index is 0.165. The maximum atomic E-state index is 12.7. The number of carboxylic acid groups (broad SMARTS) is 1. The van der Waals surface area contributed by atoms with Crippen LogP contribution < -0.4 is 0 Å². The van der Waals surface area contributed by atoms with E-state index in [2.05, 4.69) is 4.99 Å². The van der Waals surface area contributed by atoms with Crippen LogP contribution >= 0.6 is 0 Å². The number of rotatable bonds is 6. The van der Waals surface area contributed by atoms with Gasteiger partial charge >= 0.3 is 12.1 Å². The van der Waals surface area contributed by atoms with Crippen LogP contribution in [0.4, 0.5) is 13.2 Å². The summed E-state index contributed by atoms with van der Waals surface area (Å²) in [5.74, 6) is -1.05. The van der Waals surface area contributed by atoms with E-state index in [-0.39, 0.29) is 18.3 Å². The molecule has 1 N–H and O–H groups in total. The molecule has 0 aromatic rings. The summed E-state index contributed by atoms with van der Waals surface area (Å²) in [4.78, 5) is 26.0. The van der Waals surface area contributed by atoms with Gasteiger partial charge in [-0.1, -0.05) is 0 Å². The third-order valence-corrected chi connectivity index (χ3v) is 4.22. The van der Waals surface area contributed by atoms with Gasteiger partial charge in [-0.3, -0.25) is 14.6 Å². The minimum atomic E-state index is -4.54. The van der Waals surface area contributed by atoms with Gasteiger partial charge in [-0.05, 0) is 51.4 Å². The number of carbonyl (C=O) groups is 2. The Morgan fingerprint density at radius 2 is 1.65 bits per heavy atom. The minimum Gasteiger partial charge on any atom is -0.481 e. The molecule has 1 rings (SSSR count). The van der Waals surface area contributed by atoms with Crippen LogP contribution in [0.25, 0.3) is 0 Å². The molecule has 0 unspecified atom stereocenters. The largest absolute Gasteiger partial charge is 0.481 e. The zero-order valence-electron chi connectivity index (χ0n) is 13.3. The number of ketones is 1. The molecule has 0 spiro atoms. The zero-order valence-corrected chi connectivity index (χ0v) is 13.3. The number of Topliss-reactive ketones (excluding diaryl/α,β-unsaturated/α-hetero) is 1. The van der Waals surface area contributed by atoms with Crippen molar-refractivity contribution in [1.29, 1.82) is 0 Å². The summed E-state index contributed by atoms with van der Waals surface area (Å²) in [5, 5.41) is 8.75. The molecule has 0 aromatic heterocycles. The summed E-state index contributed by atoms with van der Waals surface area (Å²) in [7, 11) is 0. The fourth-order valence-corrected chi connectivity index (χ4v) is 2.76. The van der Waals surface area contributed by atoms with Crippen molar-refractivity contribution in [2.24, 2.45) is 16.8 Å². The zero-order chi connectivity index (χ0) is 17.6. The number of alkyl halides is 3. The van der Waals surface area contributed by atoms with E-state index in [9.17, 15) is 22.8 Å². The molecule has 0 heterocycles. The summed E-state index contributed by atoms with van der Waals surface area (Å²) in [6, 6.07) is 0. The summed E-state index contributed by atoms with van der Waals surface area (Å²) < 4.78 is 38.0. The van der Waals surface area contributed by atoms with Crippen molar-refractivity contribution < 1.29 is 27.9 Å². The second-order valence-electron chi connectivity index (χ2n) is 6.07. The Kier molecular flexibility index (Phi) is 6.97. The van der Waals surface area contributed by atoms with Crippen LogP contribution in [0.1, 0.15) is 46.0 Å². The lowest BCUT2D eigenvalue weighted by atomic mass is 9.80. The van der Waals surface area contributed by atoms with Crippen molar-refractivity contribution in [1.82, 2.24) is 0 Å². The second kappa shape index (κ2) is 8.26. The molecule has 7 heteroatoms. The van der Waals surface area contributed by atoms with Gasteiger partial charge in [0, 0.05) is 30.3 Å². The first kappa shape index (κ1) is 19.4. The lowest BCUT2D eigenvalue weighted by Gasteiger charge is -2.26. The van der Waals surface area contributed by atoms with E-state index >= 15 is 0 Å². The first-order valence-corrected chi connectivity index (χ1v) is 7.61. The predicted molar refractivity (Wildman–Crippen MR) is 80.5 cm³/mol. The molecule has 0 aromatic carbocycles. The quantitative estimate of drug-likeness (QED) is 0.594. The molecule has 0 aliphatic heterocycles. The van der Waals surface area contributed by atoms with Crippen molar-refractivity contribution in [3.63, 3.8) is 0 Å². The van der Waals surface area contributed by atoms with Crippen LogP contribution in [0.15, 0.2) is 16.1 Å². The van der Waals surface area contributed by atoms with Crippen molar-refractivity contribution in [2.45, 2.75) is 52.1 Å². The highest BCUT2D eigenvalue weighted by atomic mass is 19.4. The van der Waals surface area contributed by atoms with Crippen molar-refractivity contribution in [3.8, 4) is 0 Å². The van der Waals surface area contributed by atoms with Gasteiger partial charge in [-0.2, -0.15) is 13.2 Å². The van der Waals surface area contributed by atoms with Crippen LogP contribution in [0.3, 0.4) is 0 Å². The number of nitrogens with zero attached hydrogens (tertiary/aromatic N) is 1. The molecule has 0 saturated heterocycles. The molecule has 4 nitrogen and oxygen atoms in total. The first-order valence-electron chi connectivity index (χ1n) is 7.61. The van der Waals surface area contributed by atoms with Gasteiger partial charge in [-0.15, -0.1) is 0 Å². The maximum Gasteiger partial charge on any atom is 0.413 e. The van der Waals surface area contributed by atoms with Gasteiger partial charge in [-0.25, -0.2) is 0 Å². The number of hydrogen-bond donors (Lipinski definition) is 1. The molecule has 1 aliphatic carbocycles. The monoisotopic (exact) mass is 333 g/mol. The average Bonchev–Trinajstić information content (AvgIpc) is 2.42.